The first-order chi connectivity index (χ1) is 3.33. The summed E-state index contributed by atoms with van der Waals surface area (Å²) in [4.78, 5) is 2.28. The molecule has 0 radical (unpaired) electrons. The van der Waals surface area contributed by atoms with Crippen LogP contribution in [0.25, 0.3) is 0 Å². The van der Waals surface area contributed by atoms with Crippen molar-refractivity contribution in [3.8, 4) is 0 Å². The highest BCUT2D eigenvalue weighted by molar-refractivity contribution is 6.04. The molecule has 1 saturated heterocycles. The van der Waals surface area contributed by atoms with Crippen LogP contribution in [-0.2, 0) is 0 Å². The third kappa shape index (κ3) is 0.953. The second-order valence-electron chi connectivity index (χ2n) is 2.32. The summed E-state index contributed by atoms with van der Waals surface area (Å²) in [6, 6.07) is 0. The summed E-state index contributed by atoms with van der Waals surface area (Å²) >= 11 is 0. The molecule has 2 N–H and O–H groups in total. The quantitative estimate of drug-likeness (QED) is 0.401. The van der Waals surface area contributed by atoms with Crippen molar-refractivity contribution in [2.75, 3.05) is 19.6 Å². The second-order valence-corrected chi connectivity index (χ2v) is 2.32. The molecule has 0 aromatic heterocycles. The number of rotatable bonds is 1. The van der Waals surface area contributed by atoms with Gasteiger partial charge in [-0.1, -0.05) is 0 Å². The van der Waals surface area contributed by atoms with Crippen molar-refractivity contribution < 1.29 is 0 Å². The Morgan fingerprint density at radius 1 is 1.71 bits per heavy atom. The summed E-state index contributed by atoms with van der Waals surface area (Å²) in [6.45, 7) is 3.28. The molecule has 1 heterocycles. The zero-order valence-electron chi connectivity index (χ0n) is 4.72. The van der Waals surface area contributed by atoms with Gasteiger partial charge in [0.15, 0.2) is 7.98 Å². The molecule has 0 bridgehead atoms. The summed E-state index contributed by atoms with van der Waals surface area (Å²) < 4.78 is 0. The predicted molar refractivity (Wildman–Crippen MR) is 32.7 cm³/mol. The van der Waals surface area contributed by atoms with E-state index in [1.54, 1.807) is 0 Å². The molecule has 1 aliphatic rings. The van der Waals surface area contributed by atoms with E-state index in [0.29, 0.717) is 0 Å². The van der Waals surface area contributed by atoms with Crippen LogP contribution in [0.1, 0.15) is 0 Å². The fourth-order valence-electron chi connectivity index (χ4n) is 0.977. The highest BCUT2D eigenvalue weighted by atomic mass is 15.1. The standard InChI is InChI=1S/C4H11BN2/c5-7-2-4(1-6)3-7/h4H,1-3,5-6H2. The fraction of sp³-hybridized carbons (Fsp3) is 1.00. The zero-order chi connectivity index (χ0) is 5.28. The van der Waals surface area contributed by atoms with Crippen LogP contribution in [-0.4, -0.2) is 32.4 Å². The van der Waals surface area contributed by atoms with E-state index < -0.39 is 0 Å². The summed E-state index contributed by atoms with van der Waals surface area (Å²) in [5.41, 5.74) is 5.37. The molecule has 40 valence electrons. The molecule has 0 aromatic rings. The van der Waals surface area contributed by atoms with Gasteiger partial charge >= 0.3 is 0 Å². The molecule has 1 fully saturated rings. The van der Waals surface area contributed by atoms with Crippen molar-refractivity contribution >= 4 is 7.98 Å². The first kappa shape index (κ1) is 5.13. The van der Waals surface area contributed by atoms with E-state index in [-0.39, 0.29) is 0 Å². The normalized spacial score (nSPS) is 24.7. The van der Waals surface area contributed by atoms with Crippen LogP contribution in [0.4, 0.5) is 0 Å². The molecule has 1 rings (SSSR count). The molecular formula is C4H11BN2. The monoisotopic (exact) mass is 98.1 g/mol. The highest BCUT2D eigenvalue weighted by Crippen LogP contribution is 2.08. The highest BCUT2D eigenvalue weighted by Gasteiger charge is 2.19. The first-order valence-electron chi connectivity index (χ1n) is 2.71. The average Bonchev–Trinajstić information content (AvgIpc) is 1.58. The maximum atomic E-state index is 5.37. The van der Waals surface area contributed by atoms with E-state index in [0.717, 1.165) is 12.5 Å². The Kier molecular flexibility index (Phi) is 1.35. The van der Waals surface area contributed by atoms with E-state index >= 15 is 0 Å². The van der Waals surface area contributed by atoms with Gasteiger partial charge in [0.25, 0.3) is 0 Å². The second kappa shape index (κ2) is 1.84. The fourth-order valence-corrected chi connectivity index (χ4v) is 0.977. The maximum absolute atomic E-state index is 5.37. The van der Waals surface area contributed by atoms with Crippen LogP contribution in [0.2, 0.25) is 0 Å². The first-order valence-corrected chi connectivity index (χ1v) is 2.71. The molecular weight excluding hydrogens is 86.9 g/mol. The van der Waals surface area contributed by atoms with Crippen LogP contribution >= 0.6 is 0 Å². The van der Waals surface area contributed by atoms with Gasteiger partial charge in [-0.2, -0.15) is 0 Å². The number of nitrogens with two attached hydrogens (primary N) is 1. The van der Waals surface area contributed by atoms with Gasteiger partial charge in [-0.25, -0.2) is 0 Å². The van der Waals surface area contributed by atoms with Crippen LogP contribution < -0.4 is 5.73 Å². The Balaban J connectivity index is 2.06. The topological polar surface area (TPSA) is 29.3 Å². The average molecular weight is 98.0 g/mol. The lowest BCUT2D eigenvalue weighted by Gasteiger charge is -2.35. The van der Waals surface area contributed by atoms with Gasteiger partial charge in [0.05, 0.1) is 0 Å². The Morgan fingerprint density at radius 2 is 2.29 bits per heavy atom. The molecule has 0 aliphatic carbocycles. The predicted octanol–water partition coefficient (Wildman–Crippen LogP) is -1.57. The lowest BCUT2D eigenvalue weighted by atomic mass is 9.97. The van der Waals surface area contributed by atoms with Crippen molar-refractivity contribution in [1.82, 2.24) is 4.81 Å². The van der Waals surface area contributed by atoms with Crippen LogP contribution in [0.3, 0.4) is 0 Å². The van der Waals surface area contributed by atoms with Crippen molar-refractivity contribution in [2.45, 2.75) is 0 Å². The smallest absolute Gasteiger partial charge is 0.185 e. The zero-order valence-corrected chi connectivity index (χ0v) is 4.72. The van der Waals surface area contributed by atoms with E-state index in [9.17, 15) is 0 Å². The van der Waals surface area contributed by atoms with Gasteiger partial charge in [-0.15, -0.1) is 0 Å². The number of nitrogens with zero attached hydrogens (tertiary/aromatic N) is 1. The van der Waals surface area contributed by atoms with Gasteiger partial charge in [-0.3, -0.25) is 0 Å². The molecule has 0 unspecified atom stereocenters. The molecule has 7 heavy (non-hydrogen) atoms. The minimum atomic E-state index is 0.796. The van der Waals surface area contributed by atoms with Crippen LogP contribution in [0, 0.1) is 5.92 Å². The molecule has 2 nitrogen and oxygen atoms in total. The molecule has 0 aromatic carbocycles. The molecule has 0 saturated carbocycles. The van der Waals surface area contributed by atoms with E-state index in [4.69, 9.17) is 5.73 Å². The van der Waals surface area contributed by atoms with Crippen molar-refractivity contribution in [2.24, 2.45) is 11.7 Å². The third-order valence-electron chi connectivity index (χ3n) is 1.47. The Labute approximate surface area is 45.1 Å². The van der Waals surface area contributed by atoms with Gasteiger partial charge in [0, 0.05) is 0 Å². The molecule has 3 heteroatoms. The Bertz CT molecular complexity index is 60.7. The van der Waals surface area contributed by atoms with E-state index in [1.165, 1.54) is 13.1 Å². The lowest BCUT2D eigenvalue weighted by molar-refractivity contribution is 0.215. The van der Waals surface area contributed by atoms with Crippen molar-refractivity contribution in [1.29, 1.82) is 0 Å². The molecule has 1 aliphatic heterocycles. The Hall–Kier alpha value is -0.0151. The summed E-state index contributed by atoms with van der Waals surface area (Å²) in [6.07, 6.45) is 0. The lowest BCUT2D eigenvalue weighted by Crippen LogP contribution is -2.48. The van der Waals surface area contributed by atoms with Crippen LogP contribution in [0.5, 0.6) is 0 Å². The molecule has 0 atom stereocenters. The van der Waals surface area contributed by atoms with E-state index in [1.807, 2.05) is 0 Å². The Morgan fingerprint density at radius 3 is 2.43 bits per heavy atom. The molecule has 0 amide bonds. The van der Waals surface area contributed by atoms with Gasteiger partial charge in [0.2, 0.25) is 0 Å². The summed E-state index contributed by atoms with van der Waals surface area (Å²) in [5.74, 6) is 0.796. The maximum Gasteiger partial charge on any atom is 0.185 e. The number of hydrogen-bond donors (Lipinski definition) is 1. The van der Waals surface area contributed by atoms with Gasteiger partial charge in [0.1, 0.15) is 0 Å². The van der Waals surface area contributed by atoms with Crippen LogP contribution in [0.15, 0.2) is 0 Å². The van der Waals surface area contributed by atoms with Crippen molar-refractivity contribution in [3.05, 3.63) is 0 Å². The number of hydrogen-bond acceptors (Lipinski definition) is 2. The molecule has 0 spiro atoms. The summed E-state index contributed by atoms with van der Waals surface area (Å²) in [5, 5.41) is 0. The SMILES string of the molecule is BN1CC(CN)C1. The van der Waals surface area contributed by atoms with Gasteiger partial charge in [-0.05, 0) is 25.6 Å². The third-order valence-corrected chi connectivity index (χ3v) is 1.47. The largest absolute Gasteiger partial charge is 0.348 e. The minimum absolute atomic E-state index is 0.796. The van der Waals surface area contributed by atoms with Crippen molar-refractivity contribution in [3.63, 3.8) is 0 Å². The van der Waals surface area contributed by atoms with E-state index in [2.05, 4.69) is 12.8 Å². The summed E-state index contributed by atoms with van der Waals surface area (Å²) in [7, 11) is 2.12. The van der Waals surface area contributed by atoms with Gasteiger partial charge < -0.3 is 10.5 Å². The minimum Gasteiger partial charge on any atom is -0.348 e.